The minimum atomic E-state index is -0.0937. The largest absolute Gasteiger partial charge is 0.379 e. The summed E-state index contributed by atoms with van der Waals surface area (Å²) in [6, 6.07) is 0.0948. The molecular weight excluding hydrogens is 194 g/mol. The fraction of sp³-hybridized carbons (Fsp3) is 0.900. The third-order valence-corrected chi connectivity index (χ3v) is 2.28. The average molecular weight is 215 g/mol. The molecular formula is C10H21N3O2. The van der Waals surface area contributed by atoms with Crippen molar-refractivity contribution >= 4 is 6.03 Å². The van der Waals surface area contributed by atoms with Crippen LogP contribution < -0.4 is 16.0 Å². The molecule has 1 fully saturated rings. The van der Waals surface area contributed by atoms with E-state index in [2.05, 4.69) is 22.9 Å². The maximum Gasteiger partial charge on any atom is 0.315 e. The molecule has 0 aromatic carbocycles. The molecule has 1 heterocycles. The predicted octanol–water partition coefficient (Wildman–Crippen LogP) is 0.0741. The Balaban J connectivity index is 1.93. The van der Waals surface area contributed by atoms with Crippen molar-refractivity contribution in [2.45, 2.75) is 25.8 Å². The minimum absolute atomic E-state index is 0.0937. The summed E-state index contributed by atoms with van der Waals surface area (Å²) in [6.45, 7) is 6.00. The van der Waals surface area contributed by atoms with Gasteiger partial charge in [-0.1, -0.05) is 6.92 Å². The lowest BCUT2D eigenvalue weighted by atomic mass is 10.3. The van der Waals surface area contributed by atoms with Crippen molar-refractivity contribution in [3.05, 3.63) is 0 Å². The Kier molecular flexibility index (Phi) is 6.11. The van der Waals surface area contributed by atoms with Crippen LogP contribution in [0.3, 0.4) is 0 Å². The van der Waals surface area contributed by atoms with Gasteiger partial charge in [-0.25, -0.2) is 4.79 Å². The quantitative estimate of drug-likeness (QED) is 0.550. The molecule has 1 atom stereocenters. The van der Waals surface area contributed by atoms with Crippen molar-refractivity contribution in [1.29, 1.82) is 0 Å². The van der Waals surface area contributed by atoms with E-state index in [9.17, 15) is 4.79 Å². The number of hydrogen-bond donors (Lipinski definition) is 3. The second-order valence-corrected chi connectivity index (χ2v) is 3.71. The molecule has 1 unspecified atom stereocenters. The van der Waals surface area contributed by atoms with Crippen LogP contribution in [0.25, 0.3) is 0 Å². The smallest absolute Gasteiger partial charge is 0.315 e. The Labute approximate surface area is 90.9 Å². The number of amides is 2. The first kappa shape index (κ1) is 12.3. The van der Waals surface area contributed by atoms with Gasteiger partial charge in [-0.15, -0.1) is 0 Å². The summed E-state index contributed by atoms with van der Waals surface area (Å²) < 4.78 is 5.16. The van der Waals surface area contributed by atoms with Crippen molar-refractivity contribution in [3.63, 3.8) is 0 Å². The number of carbonyl (C=O) groups excluding carboxylic acids is 1. The minimum Gasteiger partial charge on any atom is -0.379 e. The zero-order valence-electron chi connectivity index (χ0n) is 9.34. The first-order chi connectivity index (χ1) is 7.33. The SMILES string of the molecule is CCCNCCNC(=O)NC1CCOC1. The van der Waals surface area contributed by atoms with Crippen LogP contribution in [0, 0.1) is 0 Å². The first-order valence-electron chi connectivity index (χ1n) is 5.65. The molecule has 0 saturated carbocycles. The van der Waals surface area contributed by atoms with Gasteiger partial charge in [-0.3, -0.25) is 0 Å². The Morgan fingerprint density at radius 2 is 2.27 bits per heavy atom. The van der Waals surface area contributed by atoms with E-state index >= 15 is 0 Å². The Morgan fingerprint density at radius 1 is 1.40 bits per heavy atom. The van der Waals surface area contributed by atoms with Crippen LogP contribution in [-0.2, 0) is 4.74 Å². The lowest BCUT2D eigenvalue weighted by Crippen LogP contribution is -2.44. The summed E-state index contributed by atoms with van der Waals surface area (Å²) in [5, 5.41) is 8.88. The van der Waals surface area contributed by atoms with Crippen LogP contribution in [0.2, 0.25) is 0 Å². The molecule has 1 saturated heterocycles. The molecule has 1 rings (SSSR count). The highest BCUT2D eigenvalue weighted by molar-refractivity contribution is 5.74. The van der Waals surface area contributed by atoms with Gasteiger partial charge in [0.15, 0.2) is 0 Å². The summed E-state index contributed by atoms with van der Waals surface area (Å²) in [6.07, 6.45) is 2.03. The molecule has 0 aromatic heterocycles. The van der Waals surface area contributed by atoms with Crippen molar-refractivity contribution in [2.75, 3.05) is 32.8 Å². The highest BCUT2D eigenvalue weighted by Crippen LogP contribution is 2.02. The van der Waals surface area contributed by atoms with E-state index in [4.69, 9.17) is 4.74 Å². The lowest BCUT2D eigenvalue weighted by molar-refractivity contribution is 0.188. The topological polar surface area (TPSA) is 62.4 Å². The highest BCUT2D eigenvalue weighted by Gasteiger charge is 2.16. The zero-order chi connectivity index (χ0) is 10.9. The molecule has 2 amide bonds. The molecule has 0 radical (unpaired) electrons. The van der Waals surface area contributed by atoms with E-state index in [1.807, 2.05) is 0 Å². The van der Waals surface area contributed by atoms with Crippen LogP contribution in [0.4, 0.5) is 4.79 Å². The number of ether oxygens (including phenoxy) is 1. The van der Waals surface area contributed by atoms with Crippen molar-refractivity contribution in [1.82, 2.24) is 16.0 Å². The Bertz CT molecular complexity index is 182. The monoisotopic (exact) mass is 215 g/mol. The number of rotatable bonds is 6. The molecule has 0 spiro atoms. The van der Waals surface area contributed by atoms with E-state index in [0.29, 0.717) is 13.2 Å². The zero-order valence-corrected chi connectivity index (χ0v) is 9.34. The standard InChI is InChI=1S/C10H21N3O2/c1-2-4-11-5-6-12-10(14)13-9-3-7-15-8-9/h9,11H,2-8H2,1H3,(H2,12,13,14). The fourth-order valence-corrected chi connectivity index (χ4v) is 1.45. The normalized spacial score (nSPS) is 20.2. The molecule has 1 aliphatic rings. The molecule has 0 bridgehead atoms. The van der Waals surface area contributed by atoms with Crippen LogP contribution in [0.15, 0.2) is 0 Å². The van der Waals surface area contributed by atoms with E-state index in [-0.39, 0.29) is 12.1 Å². The predicted molar refractivity (Wildman–Crippen MR) is 58.9 cm³/mol. The summed E-state index contributed by atoms with van der Waals surface area (Å²) in [5.74, 6) is 0. The molecule has 5 nitrogen and oxygen atoms in total. The van der Waals surface area contributed by atoms with Gasteiger partial charge in [0.1, 0.15) is 0 Å². The van der Waals surface area contributed by atoms with Gasteiger partial charge in [-0.2, -0.15) is 0 Å². The van der Waals surface area contributed by atoms with Gasteiger partial charge in [0.05, 0.1) is 12.6 Å². The summed E-state index contributed by atoms with van der Waals surface area (Å²) in [7, 11) is 0. The number of urea groups is 1. The molecule has 1 aliphatic heterocycles. The van der Waals surface area contributed by atoms with Gasteiger partial charge in [0, 0.05) is 19.7 Å². The molecule has 0 aromatic rings. The summed E-state index contributed by atoms with van der Waals surface area (Å²) in [5.41, 5.74) is 0. The lowest BCUT2D eigenvalue weighted by Gasteiger charge is -2.11. The second kappa shape index (κ2) is 7.48. The fourth-order valence-electron chi connectivity index (χ4n) is 1.45. The Morgan fingerprint density at radius 3 is 2.93 bits per heavy atom. The van der Waals surface area contributed by atoms with Crippen LogP contribution in [0.1, 0.15) is 19.8 Å². The third kappa shape index (κ3) is 5.59. The molecule has 3 N–H and O–H groups in total. The number of nitrogens with one attached hydrogen (secondary N) is 3. The van der Waals surface area contributed by atoms with Crippen molar-refractivity contribution in [2.24, 2.45) is 0 Å². The van der Waals surface area contributed by atoms with Crippen molar-refractivity contribution in [3.8, 4) is 0 Å². The third-order valence-electron chi connectivity index (χ3n) is 2.28. The van der Waals surface area contributed by atoms with Crippen LogP contribution in [-0.4, -0.2) is 44.9 Å². The van der Waals surface area contributed by atoms with E-state index in [1.165, 1.54) is 0 Å². The molecule has 15 heavy (non-hydrogen) atoms. The second-order valence-electron chi connectivity index (χ2n) is 3.71. The van der Waals surface area contributed by atoms with Gasteiger partial charge in [-0.05, 0) is 19.4 Å². The van der Waals surface area contributed by atoms with Crippen molar-refractivity contribution < 1.29 is 9.53 Å². The Hall–Kier alpha value is -0.810. The molecule has 88 valence electrons. The van der Waals surface area contributed by atoms with Gasteiger partial charge in [0.2, 0.25) is 0 Å². The summed E-state index contributed by atoms with van der Waals surface area (Å²) >= 11 is 0. The average Bonchev–Trinajstić information content (AvgIpc) is 2.70. The van der Waals surface area contributed by atoms with E-state index in [1.54, 1.807) is 0 Å². The van der Waals surface area contributed by atoms with Crippen LogP contribution >= 0.6 is 0 Å². The number of carbonyl (C=O) groups is 1. The van der Waals surface area contributed by atoms with E-state index < -0.39 is 0 Å². The first-order valence-corrected chi connectivity index (χ1v) is 5.65. The molecule has 5 heteroatoms. The maximum absolute atomic E-state index is 11.3. The van der Waals surface area contributed by atoms with Gasteiger partial charge < -0.3 is 20.7 Å². The number of hydrogen-bond acceptors (Lipinski definition) is 3. The van der Waals surface area contributed by atoms with Crippen LogP contribution in [0.5, 0.6) is 0 Å². The van der Waals surface area contributed by atoms with E-state index in [0.717, 1.165) is 32.5 Å². The maximum atomic E-state index is 11.3. The molecule has 0 aliphatic carbocycles. The van der Waals surface area contributed by atoms with Gasteiger partial charge in [0.25, 0.3) is 0 Å². The summed E-state index contributed by atoms with van der Waals surface area (Å²) in [4.78, 5) is 11.3. The van der Waals surface area contributed by atoms with Gasteiger partial charge >= 0.3 is 6.03 Å². The highest BCUT2D eigenvalue weighted by atomic mass is 16.5.